The molecule has 0 atom stereocenters. The maximum atomic E-state index is 12.3. The van der Waals surface area contributed by atoms with Gasteiger partial charge in [0.25, 0.3) is 0 Å². The molecule has 0 bridgehead atoms. The molecule has 0 amide bonds. The zero-order valence-electron chi connectivity index (χ0n) is 13.7. The Balaban J connectivity index is 2.71. The number of hydrogen-bond donors (Lipinski definition) is 2. The molecule has 0 radical (unpaired) electrons. The van der Waals surface area contributed by atoms with E-state index < -0.39 is 10.0 Å². The van der Waals surface area contributed by atoms with Crippen LogP contribution in [-0.4, -0.2) is 45.5 Å². The summed E-state index contributed by atoms with van der Waals surface area (Å²) >= 11 is 1.47. The summed E-state index contributed by atoms with van der Waals surface area (Å²) in [5.74, 6) is 0. The Morgan fingerprint density at radius 2 is 1.95 bits per heavy atom. The summed E-state index contributed by atoms with van der Waals surface area (Å²) < 4.78 is 27.3. The molecule has 5 nitrogen and oxygen atoms in total. The number of rotatable bonds is 8. The molecular formula is C14H27N3O2S2. The molecule has 21 heavy (non-hydrogen) atoms. The Labute approximate surface area is 132 Å². The molecule has 0 saturated carbocycles. The average Bonchev–Trinajstić information content (AvgIpc) is 2.83. The molecule has 1 aromatic heterocycles. The van der Waals surface area contributed by atoms with Crippen molar-refractivity contribution in [3.63, 3.8) is 0 Å². The van der Waals surface area contributed by atoms with Gasteiger partial charge in [0.15, 0.2) is 0 Å². The minimum absolute atomic E-state index is 0.231. The zero-order valence-corrected chi connectivity index (χ0v) is 15.4. The number of hydrogen-bond acceptors (Lipinski definition) is 5. The van der Waals surface area contributed by atoms with E-state index in [0.717, 1.165) is 4.88 Å². The molecule has 0 aliphatic rings. The van der Waals surface area contributed by atoms with Crippen LogP contribution in [0.25, 0.3) is 0 Å². The van der Waals surface area contributed by atoms with Crippen molar-refractivity contribution in [3.8, 4) is 0 Å². The molecule has 0 unspecified atom stereocenters. The van der Waals surface area contributed by atoms with E-state index in [1.54, 1.807) is 11.4 Å². The molecule has 122 valence electrons. The van der Waals surface area contributed by atoms with Crippen LogP contribution >= 0.6 is 11.3 Å². The lowest BCUT2D eigenvalue weighted by Crippen LogP contribution is -2.48. The largest absolute Gasteiger partial charge is 0.310 e. The number of nitrogens with zero attached hydrogens (tertiary/aromatic N) is 1. The maximum Gasteiger partial charge on any atom is 0.241 e. The minimum atomic E-state index is -3.44. The molecule has 0 spiro atoms. The monoisotopic (exact) mass is 333 g/mol. The van der Waals surface area contributed by atoms with Crippen molar-refractivity contribution < 1.29 is 8.42 Å². The van der Waals surface area contributed by atoms with Crippen molar-refractivity contribution in [1.82, 2.24) is 14.9 Å². The van der Waals surface area contributed by atoms with Crippen LogP contribution < -0.4 is 10.0 Å². The van der Waals surface area contributed by atoms with E-state index in [1.165, 1.54) is 11.3 Å². The highest BCUT2D eigenvalue weighted by atomic mass is 32.2. The van der Waals surface area contributed by atoms with Crippen LogP contribution in [0.4, 0.5) is 0 Å². The first-order valence-corrected chi connectivity index (χ1v) is 9.39. The highest BCUT2D eigenvalue weighted by Crippen LogP contribution is 2.20. The molecule has 1 heterocycles. The lowest BCUT2D eigenvalue weighted by molar-refractivity contribution is 0.199. The van der Waals surface area contributed by atoms with Crippen LogP contribution in [0.15, 0.2) is 16.3 Å². The van der Waals surface area contributed by atoms with Gasteiger partial charge in [0.2, 0.25) is 10.0 Å². The molecule has 0 aliphatic carbocycles. The quantitative estimate of drug-likeness (QED) is 0.762. The Kier molecular flexibility index (Phi) is 6.36. The summed E-state index contributed by atoms with van der Waals surface area (Å²) in [6.07, 6.45) is 0. The van der Waals surface area contributed by atoms with Crippen molar-refractivity contribution in [3.05, 3.63) is 16.3 Å². The Bertz CT molecular complexity index is 548. The van der Waals surface area contributed by atoms with Crippen LogP contribution in [0.3, 0.4) is 0 Å². The molecule has 7 heteroatoms. The van der Waals surface area contributed by atoms with Gasteiger partial charge in [-0.05, 0) is 34.0 Å². The smallest absolute Gasteiger partial charge is 0.241 e. The molecule has 0 aromatic carbocycles. The van der Waals surface area contributed by atoms with Gasteiger partial charge in [-0.15, -0.1) is 11.3 Å². The van der Waals surface area contributed by atoms with Gasteiger partial charge in [0.05, 0.1) is 4.90 Å². The van der Waals surface area contributed by atoms with Crippen LogP contribution in [0.1, 0.15) is 32.6 Å². The molecule has 0 aliphatic heterocycles. The summed E-state index contributed by atoms with van der Waals surface area (Å²) in [5, 5.41) is 4.98. The molecule has 2 N–H and O–H groups in total. The number of sulfonamides is 1. The van der Waals surface area contributed by atoms with E-state index >= 15 is 0 Å². The van der Waals surface area contributed by atoms with E-state index in [0.29, 0.717) is 24.0 Å². The summed E-state index contributed by atoms with van der Waals surface area (Å²) in [5.41, 5.74) is -0.231. The minimum Gasteiger partial charge on any atom is -0.310 e. The van der Waals surface area contributed by atoms with Crippen molar-refractivity contribution in [2.45, 2.75) is 50.7 Å². The maximum absolute atomic E-state index is 12.3. The molecule has 0 fully saturated rings. The van der Waals surface area contributed by atoms with Crippen molar-refractivity contribution in [1.29, 1.82) is 0 Å². The second kappa shape index (κ2) is 7.19. The van der Waals surface area contributed by atoms with Crippen LogP contribution in [0.5, 0.6) is 0 Å². The highest BCUT2D eigenvalue weighted by molar-refractivity contribution is 7.89. The summed E-state index contributed by atoms with van der Waals surface area (Å²) in [4.78, 5) is 3.37. The topological polar surface area (TPSA) is 61.4 Å². The lowest BCUT2D eigenvalue weighted by Gasteiger charge is -2.32. The Morgan fingerprint density at radius 1 is 1.33 bits per heavy atom. The third-order valence-electron chi connectivity index (χ3n) is 3.53. The van der Waals surface area contributed by atoms with Gasteiger partial charge in [-0.2, -0.15) is 0 Å². The number of likely N-dealkylation sites (N-methyl/N-ethyl adjacent to an activating group) is 1. The average molecular weight is 334 g/mol. The summed E-state index contributed by atoms with van der Waals surface area (Å²) in [7, 11) is 0.439. The van der Waals surface area contributed by atoms with E-state index in [2.05, 4.69) is 23.9 Å². The van der Waals surface area contributed by atoms with Crippen LogP contribution in [0.2, 0.25) is 0 Å². The second-order valence-electron chi connectivity index (χ2n) is 6.32. The Hall–Kier alpha value is -0.470. The van der Waals surface area contributed by atoms with Gasteiger partial charge in [0.1, 0.15) is 0 Å². The highest BCUT2D eigenvalue weighted by Gasteiger charge is 2.24. The first kappa shape index (κ1) is 18.6. The van der Waals surface area contributed by atoms with E-state index in [1.807, 2.05) is 32.8 Å². The lowest BCUT2D eigenvalue weighted by atomic mass is 10.1. The second-order valence-corrected chi connectivity index (χ2v) is 9.08. The van der Waals surface area contributed by atoms with Gasteiger partial charge in [-0.3, -0.25) is 0 Å². The van der Waals surface area contributed by atoms with Crippen molar-refractivity contribution in [2.75, 3.05) is 20.6 Å². The normalized spacial score (nSPS) is 13.3. The first-order valence-electron chi connectivity index (χ1n) is 7.02. The van der Waals surface area contributed by atoms with E-state index in [-0.39, 0.29) is 5.54 Å². The predicted octanol–water partition coefficient (Wildman–Crippen LogP) is 1.86. The van der Waals surface area contributed by atoms with Crippen LogP contribution in [0, 0.1) is 0 Å². The summed E-state index contributed by atoms with van der Waals surface area (Å²) in [6, 6.07) is 2.12. The fourth-order valence-corrected chi connectivity index (χ4v) is 3.84. The molecular weight excluding hydrogens is 306 g/mol. The van der Waals surface area contributed by atoms with Gasteiger partial charge in [-0.1, -0.05) is 13.8 Å². The van der Waals surface area contributed by atoms with Crippen molar-refractivity contribution in [2.24, 2.45) is 0 Å². The number of thiophene rings is 1. The van der Waals surface area contributed by atoms with Crippen LogP contribution in [-0.2, 0) is 16.6 Å². The third kappa shape index (κ3) is 5.67. The fraction of sp³-hybridized carbons (Fsp3) is 0.714. The number of nitrogens with one attached hydrogen (secondary N) is 2. The molecule has 0 saturated heterocycles. The SMILES string of the molecule is CC(C)NCc1cc(S(=O)(=O)NCC(C)(C)N(C)C)cs1. The standard InChI is InChI=1S/C14H27N3O2S2/c1-11(2)15-8-12-7-13(9-20-12)21(18,19)16-10-14(3,4)17(5)6/h7,9,11,15-16H,8,10H2,1-6H3. The van der Waals surface area contributed by atoms with E-state index in [9.17, 15) is 8.42 Å². The summed E-state index contributed by atoms with van der Waals surface area (Å²) in [6.45, 7) is 9.20. The predicted molar refractivity (Wildman–Crippen MR) is 89.2 cm³/mol. The van der Waals surface area contributed by atoms with Gasteiger partial charge in [-0.25, -0.2) is 13.1 Å². The molecule has 1 rings (SSSR count). The van der Waals surface area contributed by atoms with Gasteiger partial charge >= 0.3 is 0 Å². The zero-order chi connectivity index (χ0) is 16.3. The first-order chi connectivity index (χ1) is 9.54. The van der Waals surface area contributed by atoms with Gasteiger partial charge < -0.3 is 10.2 Å². The fourth-order valence-electron chi connectivity index (χ4n) is 1.41. The Morgan fingerprint density at radius 3 is 2.48 bits per heavy atom. The van der Waals surface area contributed by atoms with E-state index in [4.69, 9.17) is 0 Å². The third-order valence-corrected chi connectivity index (χ3v) is 6.00. The van der Waals surface area contributed by atoms with Gasteiger partial charge in [0, 0.05) is 34.9 Å². The molecule has 1 aromatic rings. The van der Waals surface area contributed by atoms with Crippen molar-refractivity contribution >= 4 is 21.4 Å².